The van der Waals surface area contributed by atoms with Crippen LogP contribution in [0.1, 0.15) is 22.3 Å². The highest BCUT2D eigenvalue weighted by atomic mass is 28.3. The summed E-state index contributed by atoms with van der Waals surface area (Å²) in [5.74, 6) is 0.969. The van der Waals surface area contributed by atoms with Crippen molar-refractivity contribution in [2.45, 2.75) is 5.41 Å². The van der Waals surface area contributed by atoms with Crippen molar-refractivity contribution >= 4 is 39.9 Å². The second-order valence-electron chi connectivity index (χ2n) is 15.8. The van der Waals surface area contributed by atoms with Gasteiger partial charge in [0.2, 0.25) is 0 Å². The minimum atomic E-state index is -2.65. The molecule has 0 radical (unpaired) electrons. The van der Waals surface area contributed by atoms with Crippen LogP contribution in [-0.4, -0.2) is 17.6 Å². The van der Waals surface area contributed by atoms with E-state index in [2.05, 4.69) is 235 Å². The second kappa shape index (κ2) is 13.1. The minimum Gasteiger partial charge on any atom is -0.292 e. The van der Waals surface area contributed by atoms with Gasteiger partial charge in [-0.3, -0.25) is 4.57 Å². The topological polar surface area (TPSA) is 17.8 Å². The Morgan fingerprint density at radius 3 is 1.53 bits per heavy atom. The van der Waals surface area contributed by atoms with Crippen molar-refractivity contribution in [3.05, 3.63) is 253 Å². The van der Waals surface area contributed by atoms with Gasteiger partial charge in [-0.05, 0) is 83.5 Å². The molecular formula is C56H38N2Si. The molecule has 10 aromatic rings. The molecular weight excluding hydrogens is 729 g/mol. The number of imidazole rings is 1. The van der Waals surface area contributed by atoms with E-state index in [-0.39, 0.29) is 0 Å². The van der Waals surface area contributed by atoms with Crippen molar-refractivity contribution in [3.8, 4) is 39.3 Å². The molecule has 59 heavy (non-hydrogen) atoms. The first-order valence-corrected chi connectivity index (χ1v) is 22.5. The summed E-state index contributed by atoms with van der Waals surface area (Å²) >= 11 is 0. The van der Waals surface area contributed by atoms with Gasteiger partial charge in [-0.2, -0.15) is 0 Å². The first kappa shape index (κ1) is 33.8. The summed E-state index contributed by atoms with van der Waals surface area (Å²) in [5, 5.41) is 5.50. The normalized spacial score (nSPS) is 14.8. The zero-order valence-corrected chi connectivity index (χ0v) is 33.3. The van der Waals surface area contributed by atoms with Crippen LogP contribution < -0.4 is 20.7 Å². The van der Waals surface area contributed by atoms with Crippen LogP contribution in [0.5, 0.6) is 0 Å². The Bertz CT molecular complexity index is 3090. The Morgan fingerprint density at radius 1 is 0.356 bits per heavy atom. The molecule has 1 atom stereocenters. The van der Waals surface area contributed by atoms with Crippen LogP contribution in [0.25, 0.3) is 50.4 Å². The highest BCUT2D eigenvalue weighted by Crippen LogP contribution is 2.61. The van der Waals surface area contributed by atoms with Crippen LogP contribution in [-0.2, 0) is 5.41 Å². The van der Waals surface area contributed by atoms with E-state index in [9.17, 15) is 0 Å². The van der Waals surface area contributed by atoms with E-state index in [0.29, 0.717) is 0 Å². The van der Waals surface area contributed by atoms with Gasteiger partial charge in [0.25, 0.3) is 0 Å². The number of benzene rings is 9. The standard InChI is InChI=1S/C56H38N2Si/c1-5-18-40(19-6-1)55-57-52-30-17-29-50-54(52)58(55)53-31-16-15-28-49(53)56(50)48-27-14-13-26-46(48)47-37-34-41(38-51(47)56)39-32-35-45(36-33-39)59(42-20-7-2-8-21-42,43-22-9-3-10-23-43)44-24-11-4-12-25-44/h1-38H. The van der Waals surface area contributed by atoms with E-state index < -0.39 is 13.5 Å². The summed E-state index contributed by atoms with van der Waals surface area (Å²) < 4.78 is 2.41. The van der Waals surface area contributed by atoms with E-state index >= 15 is 0 Å². The number of aromatic nitrogens is 2. The zero-order valence-electron chi connectivity index (χ0n) is 32.3. The highest BCUT2D eigenvalue weighted by molar-refractivity contribution is 7.19. The Balaban J connectivity index is 1.08. The first-order valence-electron chi connectivity index (χ1n) is 20.5. The third-order valence-corrected chi connectivity index (χ3v) is 17.8. The molecule has 2 aliphatic rings. The van der Waals surface area contributed by atoms with E-state index in [0.717, 1.165) is 16.9 Å². The van der Waals surface area contributed by atoms with Gasteiger partial charge in [0.05, 0.1) is 22.1 Å². The van der Waals surface area contributed by atoms with Crippen LogP contribution in [0, 0.1) is 0 Å². The summed E-state index contributed by atoms with van der Waals surface area (Å²) in [6.45, 7) is 0. The van der Waals surface area contributed by atoms with Gasteiger partial charge in [0, 0.05) is 5.56 Å². The molecule has 0 saturated heterocycles. The van der Waals surface area contributed by atoms with Gasteiger partial charge in [0.15, 0.2) is 8.07 Å². The summed E-state index contributed by atoms with van der Waals surface area (Å²) in [4.78, 5) is 5.34. The molecule has 2 heterocycles. The molecule has 0 amide bonds. The van der Waals surface area contributed by atoms with Crippen molar-refractivity contribution in [2.24, 2.45) is 0 Å². The molecule has 1 aliphatic heterocycles. The Morgan fingerprint density at radius 2 is 0.864 bits per heavy atom. The monoisotopic (exact) mass is 766 g/mol. The molecule has 1 unspecified atom stereocenters. The maximum Gasteiger partial charge on any atom is 0.179 e. The lowest BCUT2D eigenvalue weighted by Crippen LogP contribution is -2.74. The Hall–Kier alpha value is -7.33. The third kappa shape index (κ3) is 4.71. The molecule has 0 bridgehead atoms. The van der Waals surface area contributed by atoms with Crippen molar-refractivity contribution in [1.82, 2.24) is 9.55 Å². The molecule has 0 N–H and O–H groups in total. The van der Waals surface area contributed by atoms with Crippen molar-refractivity contribution in [2.75, 3.05) is 0 Å². The summed E-state index contributed by atoms with van der Waals surface area (Å²) in [7, 11) is -2.65. The molecule has 9 aromatic carbocycles. The molecule has 0 saturated carbocycles. The van der Waals surface area contributed by atoms with Crippen molar-refractivity contribution in [1.29, 1.82) is 0 Å². The molecule has 2 nitrogen and oxygen atoms in total. The van der Waals surface area contributed by atoms with Gasteiger partial charge in [-0.1, -0.05) is 212 Å². The molecule has 0 fully saturated rings. The molecule has 3 heteroatoms. The molecule has 1 aromatic heterocycles. The van der Waals surface area contributed by atoms with Gasteiger partial charge < -0.3 is 0 Å². The van der Waals surface area contributed by atoms with Crippen molar-refractivity contribution in [3.63, 3.8) is 0 Å². The van der Waals surface area contributed by atoms with Crippen LogP contribution in [0.2, 0.25) is 0 Å². The van der Waals surface area contributed by atoms with E-state index in [1.807, 2.05) is 0 Å². The lowest BCUT2D eigenvalue weighted by Gasteiger charge is -2.39. The lowest BCUT2D eigenvalue weighted by atomic mass is 9.65. The largest absolute Gasteiger partial charge is 0.292 e. The average Bonchev–Trinajstić information content (AvgIpc) is 3.85. The molecule has 12 rings (SSSR count). The quantitative estimate of drug-likeness (QED) is 0.122. The maximum atomic E-state index is 5.34. The van der Waals surface area contributed by atoms with Gasteiger partial charge in [-0.15, -0.1) is 0 Å². The van der Waals surface area contributed by atoms with Gasteiger partial charge in [-0.25, -0.2) is 4.98 Å². The number of hydrogen-bond acceptors (Lipinski definition) is 1. The number of hydrogen-bond donors (Lipinski definition) is 0. The Labute approximate surface area is 345 Å². The zero-order chi connectivity index (χ0) is 39.0. The van der Waals surface area contributed by atoms with Crippen molar-refractivity contribution < 1.29 is 0 Å². The van der Waals surface area contributed by atoms with Crippen LogP contribution in [0.3, 0.4) is 0 Å². The molecule has 1 aliphatic carbocycles. The predicted octanol–water partition coefficient (Wildman–Crippen LogP) is 10.4. The van der Waals surface area contributed by atoms with E-state index in [4.69, 9.17) is 4.98 Å². The number of fused-ring (bicyclic) bond motifs is 9. The average molecular weight is 767 g/mol. The van der Waals surface area contributed by atoms with E-state index in [1.165, 1.54) is 76.5 Å². The van der Waals surface area contributed by atoms with Crippen LogP contribution in [0.4, 0.5) is 0 Å². The first-order chi connectivity index (χ1) is 29.3. The fraction of sp³-hybridized carbons (Fsp3) is 0.0179. The van der Waals surface area contributed by atoms with Gasteiger partial charge in [0.1, 0.15) is 5.82 Å². The van der Waals surface area contributed by atoms with Crippen LogP contribution >= 0.6 is 0 Å². The SMILES string of the molecule is c1ccc(-c2nc3cccc4c3n2-c2ccccc2C42c3ccccc3-c3ccc(-c4ccc([Si](c5ccccc5)(c5ccccc5)c5ccccc5)cc4)cc32)cc1. The highest BCUT2D eigenvalue weighted by Gasteiger charge is 2.51. The number of rotatable bonds is 6. The van der Waals surface area contributed by atoms with E-state index in [1.54, 1.807) is 0 Å². The fourth-order valence-electron chi connectivity index (χ4n) is 10.6. The third-order valence-electron chi connectivity index (χ3n) is 13.0. The smallest absolute Gasteiger partial charge is 0.179 e. The Kier molecular flexibility index (Phi) is 7.50. The van der Waals surface area contributed by atoms with Crippen LogP contribution in [0.15, 0.2) is 231 Å². The fourth-order valence-corrected chi connectivity index (χ4v) is 15.3. The second-order valence-corrected chi connectivity index (χ2v) is 19.6. The summed E-state index contributed by atoms with van der Waals surface area (Å²) in [6.07, 6.45) is 0. The summed E-state index contributed by atoms with van der Waals surface area (Å²) in [6, 6.07) is 85.6. The molecule has 276 valence electrons. The summed E-state index contributed by atoms with van der Waals surface area (Å²) in [5.41, 5.74) is 14.1. The predicted molar refractivity (Wildman–Crippen MR) is 246 cm³/mol. The number of para-hydroxylation sites is 2. The van der Waals surface area contributed by atoms with Gasteiger partial charge >= 0.3 is 0 Å². The minimum absolute atomic E-state index is 0.530. The lowest BCUT2D eigenvalue weighted by molar-refractivity contribution is 0.746. The molecule has 1 spiro atoms. The number of nitrogens with zero attached hydrogens (tertiary/aromatic N) is 2. The maximum absolute atomic E-state index is 5.34.